The van der Waals surface area contributed by atoms with Gasteiger partial charge in [0.25, 0.3) is 0 Å². The molecule has 1 heteroatoms. The highest BCUT2D eigenvalue weighted by Crippen LogP contribution is 2.62. The van der Waals surface area contributed by atoms with Gasteiger partial charge in [-0.3, -0.25) is 4.90 Å². The number of nitrogens with zero attached hydrogens (tertiary/aromatic N) is 1. The standard InChI is InChI=1S/C20H37N/c1-6-17-12-19-20(18(17)11-16(5)14(2)3)9-7-15(4)8-10-21(19)13-20/h14-19H,6-13H2,1-5H3. The van der Waals surface area contributed by atoms with Gasteiger partial charge in [-0.15, -0.1) is 0 Å². The Labute approximate surface area is 132 Å². The van der Waals surface area contributed by atoms with Gasteiger partial charge in [0, 0.05) is 18.0 Å². The van der Waals surface area contributed by atoms with Gasteiger partial charge in [0.2, 0.25) is 0 Å². The van der Waals surface area contributed by atoms with Crippen LogP contribution in [0.15, 0.2) is 0 Å². The third kappa shape index (κ3) is 2.58. The molecule has 0 aromatic carbocycles. The normalized spacial score (nSPS) is 47.4. The lowest BCUT2D eigenvalue weighted by molar-refractivity contribution is -0.105. The molecule has 0 radical (unpaired) electrons. The maximum absolute atomic E-state index is 2.86. The molecule has 0 spiro atoms. The first-order chi connectivity index (χ1) is 9.98. The highest BCUT2D eigenvalue weighted by molar-refractivity contribution is 5.14. The van der Waals surface area contributed by atoms with E-state index in [2.05, 4.69) is 39.5 Å². The Morgan fingerprint density at radius 1 is 1.19 bits per heavy atom. The second-order valence-corrected chi connectivity index (χ2v) is 9.12. The highest BCUT2D eigenvalue weighted by Gasteiger charge is 2.62. The summed E-state index contributed by atoms with van der Waals surface area (Å²) < 4.78 is 0. The quantitative estimate of drug-likeness (QED) is 0.687. The van der Waals surface area contributed by atoms with E-state index >= 15 is 0 Å². The van der Waals surface area contributed by atoms with Crippen molar-refractivity contribution in [1.29, 1.82) is 0 Å². The topological polar surface area (TPSA) is 3.24 Å². The van der Waals surface area contributed by atoms with Gasteiger partial charge in [-0.05, 0) is 61.8 Å². The van der Waals surface area contributed by atoms with E-state index in [4.69, 9.17) is 0 Å². The molecular formula is C20H37N. The van der Waals surface area contributed by atoms with E-state index < -0.39 is 0 Å². The van der Waals surface area contributed by atoms with E-state index in [0.717, 1.165) is 41.0 Å². The Balaban J connectivity index is 1.80. The molecule has 3 aliphatic rings. The van der Waals surface area contributed by atoms with Crippen molar-refractivity contribution in [3.8, 4) is 0 Å². The van der Waals surface area contributed by atoms with Crippen LogP contribution >= 0.6 is 0 Å². The predicted octanol–water partition coefficient (Wildman–Crippen LogP) is 5.21. The lowest BCUT2D eigenvalue weighted by Crippen LogP contribution is -2.65. The number of hydrogen-bond donors (Lipinski definition) is 0. The monoisotopic (exact) mass is 291 g/mol. The van der Waals surface area contributed by atoms with Gasteiger partial charge in [-0.2, -0.15) is 0 Å². The van der Waals surface area contributed by atoms with Gasteiger partial charge in [-0.1, -0.05) is 47.5 Å². The summed E-state index contributed by atoms with van der Waals surface area (Å²) in [6, 6.07) is 0.958. The second-order valence-electron chi connectivity index (χ2n) is 9.12. The molecule has 0 aromatic rings. The molecule has 3 fully saturated rings. The number of rotatable bonds is 4. The minimum atomic E-state index is 0.721. The largest absolute Gasteiger partial charge is 0.299 e. The Hall–Kier alpha value is -0.0400. The number of hydrogen-bond acceptors (Lipinski definition) is 1. The average molecular weight is 292 g/mol. The van der Waals surface area contributed by atoms with Crippen molar-refractivity contribution in [2.24, 2.45) is 35.0 Å². The molecule has 2 aliphatic heterocycles. The summed E-state index contributed by atoms with van der Waals surface area (Å²) in [5.74, 6) is 4.73. The van der Waals surface area contributed by atoms with Crippen molar-refractivity contribution in [2.75, 3.05) is 13.1 Å². The zero-order valence-electron chi connectivity index (χ0n) is 15.1. The zero-order valence-corrected chi connectivity index (χ0v) is 15.1. The Bertz CT molecular complexity index is 363. The van der Waals surface area contributed by atoms with Crippen molar-refractivity contribution in [3.63, 3.8) is 0 Å². The maximum atomic E-state index is 2.86. The zero-order chi connectivity index (χ0) is 15.2. The highest BCUT2D eigenvalue weighted by atomic mass is 15.3. The SMILES string of the molecule is CCC1CC2N3CCC(C)CCC2(C3)C1CC(C)C(C)C. The molecule has 1 saturated carbocycles. The molecule has 7 unspecified atom stereocenters. The lowest BCUT2D eigenvalue weighted by atomic mass is 9.60. The summed E-state index contributed by atoms with van der Waals surface area (Å²) in [6.07, 6.45) is 8.89. The van der Waals surface area contributed by atoms with Crippen LogP contribution in [0.3, 0.4) is 0 Å². The molecule has 1 nitrogen and oxygen atoms in total. The molecule has 3 rings (SSSR count). The summed E-state index contributed by atoms with van der Waals surface area (Å²) in [6.45, 7) is 15.1. The molecule has 0 aromatic heterocycles. The summed E-state index contributed by atoms with van der Waals surface area (Å²) >= 11 is 0. The Morgan fingerprint density at radius 3 is 2.62 bits per heavy atom. The van der Waals surface area contributed by atoms with Crippen LogP contribution in [-0.2, 0) is 0 Å². The first-order valence-electron chi connectivity index (χ1n) is 9.72. The molecule has 21 heavy (non-hydrogen) atoms. The summed E-state index contributed by atoms with van der Waals surface area (Å²) in [7, 11) is 0. The van der Waals surface area contributed by atoms with Crippen molar-refractivity contribution < 1.29 is 0 Å². The molecule has 1 aliphatic carbocycles. The van der Waals surface area contributed by atoms with Crippen LogP contribution < -0.4 is 0 Å². The summed E-state index contributed by atoms with van der Waals surface area (Å²) in [5, 5.41) is 0. The van der Waals surface area contributed by atoms with Crippen LogP contribution in [0.2, 0.25) is 0 Å². The Kier molecular flexibility index (Phi) is 4.43. The first kappa shape index (κ1) is 15.8. The molecule has 0 N–H and O–H groups in total. The maximum Gasteiger partial charge on any atom is 0.0170 e. The van der Waals surface area contributed by atoms with Crippen LogP contribution in [0.1, 0.15) is 73.1 Å². The fraction of sp³-hybridized carbons (Fsp3) is 1.00. The predicted molar refractivity (Wildman–Crippen MR) is 91.3 cm³/mol. The van der Waals surface area contributed by atoms with Crippen molar-refractivity contribution in [1.82, 2.24) is 4.90 Å². The molecule has 7 atom stereocenters. The third-order valence-corrected chi connectivity index (χ3v) is 7.74. The van der Waals surface area contributed by atoms with Gasteiger partial charge < -0.3 is 0 Å². The molecule has 122 valence electrons. The third-order valence-electron chi connectivity index (χ3n) is 7.74. The van der Waals surface area contributed by atoms with Crippen LogP contribution in [-0.4, -0.2) is 24.0 Å². The molecule has 2 bridgehead atoms. The van der Waals surface area contributed by atoms with E-state index in [1.807, 2.05) is 0 Å². The minimum Gasteiger partial charge on any atom is -0.299 e. The van der Waals surface area contributed by atoms with E-state index in [9.17, 15) is 0 Å². The van der Waals surface area contributed by atoms with E-state index in [1.165, 1.54) is 51.6 Å². The fourth-order valence-corrected chi connectivity index (χ4v) is 5.78. The van der Waals surface area contributed by atoms with Crippen LogP contribution in [0.25, 0.3) is 0 Å². The smallest absolute Gasteiger partial charge is 0.0170 e. The van der Waals surface area contributed by atoms with Gasteiger partial charge >= 0.3 is 0 Å². The summed E-state index contributed by atoms with van der Waals surface area (Å²) in [4.78, 5) is 2.86. The van der Waals surface area contributed by atoms with E-state index in [1.54, 1.807) is 0 Å². The average Bonchev–Trinajstić information content (AvgIpc) is 2.63. The van der Waals surface area contributed by atoms with Crippen LogP contribution in [0, 0.1) is 35.0 Å². The van der Waals surface area contributed by atoms with E-state index in [-0.39, 0.29) is 0 Å². The van der Waals surface area contributed by atoms with E-state index in [0.29, 0.717) is 0 Å². The lowest BCUT2D eigenvalue weighted by Gasteiger charge is -2.59. The van der Waals surface area contributed by atoms with Crippen molar-refractivity contribution in [3.05, 3.63) is 0 Å². The molecule has 0 amide bonds. The minimum absolute atomic E-state index is 0.721. The molecule has 2 saturated heterocycles. The second kappa shape index (κ2) is 5.87. The van der Waals surface area contributed by atoms with Gasteiger partial charge in [0.15, 0.2) is 0 Å². The molecular weight excluding hydrogens is 254 g/mol. The van der Waals surface area contributed by atoms with Crippen LogP contribution in [0.5, 0.6) is 0 Å². The summed E-state index contributed by atoms with van der Waals surface area (Å²) in [5.41, 5.74) is 0.721. The fourth-order valence-electron chi connectivity index (χ4n) is 5.78. The van der Waals surface area contributed by atoms with Crippen LogP contribution in [0.4, 0.5) is 0 Å². The van der Waals surface area contributed by atoms with Gasteiger partial charge in [0.05, 0.1) is 0 Å². The molecule has 2 heterocycles. The first-order valence-corrected chi connectivity index (χ1v) is 9.72. The van der Waals surface area contributed by atoms with Gasteiger partial charge in [0.1, 0.15) is 0 Å². The van der Waals surface area contributed by atoms with Crippen molar-refractivity contribution in [2.45, 2.75) is 79.2 Å². The van der Waals surface area contributed by atoms with Crippen molar-refractivity contribution >= 4 is 0 Å². The van der Waals surface area contributed by atoms with Gasteiger partial charge in [-0.25, -0.2) is 0 Å². The Morgan fingerprint density at radius 2 is 1.95 bits per heavy atom.